The van der Waals surface area contributed by atoms with Gasteiger partial charge in [-0.25, -0.2) is 4.39 Å². The van der Waals surface area contributed by atoms with E-state index < -0.39 is 54.0 Å². The number of carbonyl (C=O) groups excluding carboxylic acids is 1. The van der Waals surface area contributed by atoms with Crippen LogP contribution in [0.2, 0.25) is 0 Å². The molecular formula is C15H19BF4N2O4. The summed E-state index contributed by atoms with van der Waals surface area (Å²) in [5.41, 5.74) is -4.59. The number of hydrogen-bond donors (Lipinski definition) is 0. The van der Waals surface area contributed by atoms with Crippen molar-refractivity contribution >= 4 is 19.2 Å². The number of hydrogen-bond acceptors (Lipinski definition) is 5. The van der Waals surface area contributed by atoms with Crippen LogP contribution in [0.15, 0.2) is 11.9 Å². The van der Waals surface area contributed by atoms with Gasteiger partial charge in [-0.3, -0.25) is 9.48 Å². The maximum absolute atomic E-state index is 14.5. The van der Waals surface area contributed by atoms with Gasteiger partial charge in [0, 0.05) is 11.8 Å². The van der Waals surface area contributed by atoms with E-state index in [0.29, 0.717) is 6.08 Å². The Balaban J connectivity index is 2.35. The third-order valence-electron chi connectivity index (χ3n) is 4.35. The zero-order valence-electron chi connectivity index (χ0n) is 15.0. The van der Waals surface area contributed by atoms with Crippen molar-refractivity contribution in [3.05, 3.63) is 23.2 Å². The molecule has 2 heterocycles. The second-order valence-corrected chi connectivity index (χ2v) is 6.82. The van der Waals surface area contributed by atoms with Gasteiger partial charge in [-0.1, -0.05) is 0 Å². The molecule has 2 rings (SSSR count). The van der Waals surface area contributed by atoms with Crippen LogP contribution in [0, 0.1) is 0 Å². The third-order valence-corrected chi connectivity index (χ3v) is 4.35. The van der Waals surface area contributed by atoms with Crippen LogP contribution in [0.1, 0.15) is 39.0 Å². The molecule has 1 aliphatic heterocycles. The van der Waals surface area contributed by atoms with Crippen LogP contribution in [-0.4, -0.2) is 41.2 Å². The first-order chi connectivity index (χ1) is 11.8. The van der Waals surface area contributed by atoms with Crippen LogP contribution in [0.25, 0.3) is 6.08 Å². The van der Waals surface area contributed by atoms with Gasteiger partial charge < -0.3 is 14.0 Å². The van der Waals surface area contributed by atoms with E-state index in [1.165, 1.54) is 0 Å². The Bertz CT molecular complexity index is 712. The van der Waals surface area contributed by atoms with Crippen molar-refractivity contribution in [2.24, 2.45) is 0 Å². The Morgan fingerprint density at radius 2 is 1.85 bits per heavy atom. The standard InChI is InChI=1S/C15H19BF4N2O4/c1-13(2)14(3,4)26-16(25-13)10(17)6-9-7-22(8-11(23)24-5)21-12(9)15(18,19)20/h6-7H,8H2,1-5H3. The second kappa shape index (κ2) is 6.69. The molecule has 6 nitrogen and oxygen atoms in total. The number of nitrogens with zero attached hydrogens (tertiary/aromatic N) is 2. The third kappa shape index (κ3) is 4.09. The first kappa shape index (κ1) is 20.4. The molecule has 0 N–H and O–H groups in total. The van der Waals surface area contributed by atoms with Crippen LogP contribution in [0.4, 0.5) is 17.6 Å². The Hall–Kier alpha value is -1.88. The van der Waals surface area contributed by atoms with Gasteiger partial charge >= 0.3 is 19.3 Å². The van der Waals surface area contributed by atoms with E-state index >= 15 is 0 Å². The highest BCUT2D eigenvalue weighted by molar-refractivity contribution is 6.54. The van der Waals surface area contributed by atoms with E-state index in [2.05, 4.69) is 9.84 Å². The SMILES string of the molecule is COC(=O)Cn1cc(C=C(F)B2OC(C)(C)C(C)(C)O2)c(C(F)(F)F)n1. The van der Waals surface area contributed by atoms with Crippen molar-refractivity contribution in [2.75, 3.05) is 7.11 Å². The molecule has 144 valence electrons. The molecule has 11 heteroatoms. The highest BCUT2D eigenvalue weighted by atomic mass is 19.4. The van der Waals surface area contributed by atoms with E-state index in [0.717, 1.165) is 18.0 Å². The summed E-state index contributed by atoms with van der Waals surface area (Å²) in [6, 6.07) is 0. The Morgan fingerprint density at radius 3 is 2.31 bits per heavy atom. The summed E-state index contributed by atoms with van der Waals surface area (Å²) in [6.45, 7) is 6.22. The molecule has 26 heavy (non-hydrogen) atoms. The molecular weight excluding hydrogens is 359 g/mol. The summed E-state index contributed by atoms with van der Waals surface area (Å²) in [4.78, 5) is 11.2. The second-order valence-electron chi connectivity index (χ2n) is 6.82. The fourth-order valence-corrected chi connectivity index (χ4v) is 2.21. The van der Waals surface area contributed by atoms with Gasteiger partial charge in [0.25, 0.3) is 0 Å². The topological polar surface area (TPSA) is 62.6 Å². The molecule has 0 bridgehead atoms. The Morgan fingerprint density at radius 1 is 1.31 bits per heavy atom. The monoisotopic (exact) mass is 378 g/mol. The molecule has 1 aromatic heterocycles. The maximum atomic E-state index is 14.5. The molecule has 0 radical (unpaired) electrons. The van der Waals surface area contributed by atoms with Crippen molar-refractivity contribution in [3.8, 4) is 0 Å². The van der Waals surface area contributed by atoms with Crippen LogP contribution in [-0.2, 0) is 31.6 Å². The lowest BCUT2D eigenvalue weighted by Crippen LogP contribution is -2.41. The molecule has 0 aromatic carbocycles. The van der Waals surface area contributed by atoms with Gasteiger partial charge in [-0.05, 0) is 33.8 Å². The predicted molar refractivity (Wildman–Crippen MR) is 84.4 cm³/mol. The number of esters is 1. The van der Waals surface area contributed by atoms with E-state index in [-0.39, 0.29) is 0 Å². The fraction of sp³-hybridized carbons (Fsp3) is 0.600. The minimum atomic E-state index is -4.83. The van der Waals surface area contributed by atoms with Crippen LogP contribution >= 0.6 is 0 Å². The molecule has 0 atom stereocenters. The predicted octanol–water partition coefficient (Wildman–Crippen LogP) is 3.02. The molecule has 1 saturated heterocycles. The smallest absolute Gasteiger partial charge is 0.468 e. The summed E-state index contributed by atoms with van der Waals surface area (Å²) in [5, 5.41) is 3.30. The molecule has 0 aliphatic carbocycles. The summed E-state index contributed by atoms with van der Waals surface area (Å²) in [5.74, 6) is -0.789. The summed E-state index contributed by atoms with van der Waals surface area (Å²) in [7, 11) is -0.347. The lowest BCUT2D eigenvalue weighted by Gasteiger charge is -2.32. The summed E-state index contributed by atoms with van der Waals surface area (Å²) >= 11 is 0. The zero-order chi connectivity index (χ0) is 19.9. The number of aromatic nitrogens is 2. The van der Waals surface area contributed by atoms with E-state index in [9.17, 15) is 22.4 Å². The zero-order valence-corrected chi connectivity index (χ0v) is 15.0. The number of ether oxygens (including phenoxy) is 1. The fourth-order valence-electron chi connectivity index (χ4n) is 2.21. The average molecular weight is 378 g/mol. The number of halogens is 4. The minimum absolute atomic E-state index is 0.536. The number of carbonyl (C=O) groups is 1. The molecule has 0 unspecified atom stereocenters. The van der Waals surface area contributed by atoms with E-state index in [4.69, 9.17) is 9.31 Å². The summed E-state index contributed by atoms with van der Waals surface area (Å²) in [6.07, 6.45) is -3.28. The average Bonchev–Trinajstić information content (AvgIpc) is 2.97. The molecule has 1 fully saturated rings. The maximum Gasteiger partial charge on any atom is 0.525 e. The van der Waals surface area contributed by atoms with Crippen LogP contribution in [0.5, 0.6) is 0 Å². The van der Waals surface area contributed by atoms with Crippen molar-refractivity contribution in [2.45, 2.75) is 51.6 Å². The van der Waals surface area contributed by atoms with Gasteiger partial charge in [-0.15, -0.1) is 0 Å². The largest absolute Gasteiger partial charge is 0.525 e. The normalized spacial score (nSPS) is 19.7. The van der Waals surface area contributed by atoms with Crippen molar-refractivity contribution in [3.63, 3.8) is 0 Å². The van der Waals surface area contributed by atoms with Gasteiger partial charge in [0.05, 0.1) is 18.3 Å². The van der Waals surface area contributed by atoms with Gasteiger partial charge in [-0.2, -0.15) is 18.3 Å². The molecule has 1 aliphatic rings. The number of rotatable bonds is 4. The van der Waals surface area contributed by atoms with Gasteiger partial charge in [0.15, 0.2) is 5.69 Å². The van der Waals surface area contributed by atoms with Crippen LogP contribution in [0.3, 0.4) is 0 Å². The highest BCUT2D eigenvalue weighted by Crippen LogP contribution is 2.39. The lowest BCUT2D eigenvalue weighted by atomic mass is 9.87. The summed E-state index contributed by atoms with van der Waals surface area (Å²) < 4.78 is 70.0. The Labute approximate surface area is 148 Å². The van der Waals surface area contributed by atoms with Crippen molar-refractivity contribution in [1.29, 1.82) is 0 Å². The Kier molecular flexibility index (Phi) is 5.26. The lowest BCUT2D eigenvalue weighted by molar-refractivity contribution is -0.144. The number of methoxy groups -OCH3 is 1. The first-order valence-corrected chi connectivity index (χ1v) is 7.71. The van der Waals surface area contributed by atoms with E-state index in [1.54, 1.807) is 27.7 Å². The van der Waals surface area contributed by atoms with Crippen molar-refractivity contribution in [1.82, 2.24) is 9.78 Å². The molecule has 0 amide bonds. The number of alkyl halides is 3. The molecule has 0 saturated carbocycles. The van der Waals surface area contributed by atoms with Crippen LogP contribution < -0.4 is 0 Å². The van der Waals surface area contributed by atoms with E-state index in [1.807, 2.05) is 0 Å². The van der Waals surface area contributed by atoms with Gasteiger partial charge in [0.2, 0.25) is 0 Å². The quantitative estimate of drug-likeness (QED) is 0.458. The highest BCUT2D eigenvalue weighted by Gasteiger charge is 2.53. The van der Waals surface area contributed by atoms with Crippen molar-refractivity contribution < 1.29 is 36.4 Å². The first-order valence-electron chi connectivity index (χ1n) is 7.71. The molecule has 0 spiro atoms. The van der Waals surface area contributed by atoms with Gasteiger partial charge in [0.1, 0.15) is 12.3 Å². The minimum Gasteiger partial charge on any atom is -0.468 e. The molecule has 1 aromatic rings.